The highest BCUT2D eigenvalue weighted by atomic mass is 79.9. The van der Waals surface area contributed by atoms with E-state index in [-0.39, 0.29) is 5.97 Å². The summed E-state index contributed by atoms with van der Waals surface area (Å²) < 4.78 is 7.22. The molecule has 0 radical (unpaired) electrons. The smallest absolute Gasteiger partial charge is 0.343 e. The lowest BCUT2D eigenvalue weighted by Crippen LogP contribution is -2.28. The molecule has 0 unspecified atom stereocenters. The molecule has 0 aliphatic heterocycles. The van der Waals surface area contributed by atoms with Crippen molar-refractivity contribution in [2.45, 2.75) is 0 Å². The Morgan fingerprint density at radius 3 is 2.75 bits per heavy atom. The predicted molar refractivity (Wildman–Crippen MR) is 46.7 cm³/mol. The summed E-state index contributed by atoms with van der Waals surface area (Å²) in [6.45, 7) is 0. The Balaban J connectivity index is 3.08. The average Bonchev–Trinajstić information content (AvgIpc) is 2.01. The van der Waals surface area contributed by atoms with Crippen molar-refractivity contribution in [2.24, 2.45) is 7.05 Å². The first-order valence-corrected chi connectivity index (χ1v) is 4.17. The Kier molecular flexibility index (Phi) is 2.81. The monoisotopic (exact) mass is 230 g/mol. The Morgan fingerprint density at radius 2 is 2.25 bits per heavy atom. The third-order valence-corrected chi connectivity index (χ3v) is 1.82. The summed E-state index contributed by atoms with van der Waals surface area (Å²) in [5, 5.41) is 0. The van der Waals surface area contributed by atoms with Crippen LogP contribution in [0.3, 0.4) is 0 Å². The number of carbonyl (C=O) groups is 1. The molecule has 0 saturated heterocycles. The van der Waals surface area contributed by atoms with Crippen LogP contribution in [-0.2, 0) is 11.8 Å². The van der Waals surface area contributed by atoms with E-state index in [2.05, 4.69) is 20.7 Å². The van der Waals surface area contributed by atoms with Gasteiger partial charge in [-0.25, -0.2) is 9.36 Å². The Morgan fingerprint density at radius 1 is 1.58 bits per heavy atom. The van der Waals surface area contributed by atoms with Crippen molar-refractivity contribution in [3.8, 4) is 0 Å². The lowest BCUT2D eigenvalue weighted by Gasteiger charge is -1.97. The van der Waals surface area contributed by atoms with Gasteiger partial charge in [-0.15, -0.1) is 0 Å². The fourth-order valence-corrected chi connectivity index (χ4v) is 1.47. The number of carbonyl (C=O) groups excluding carboxylic acids is 1. The van der Waals surface area contributed by atoms with Gasteiger partial charge in [-0.2, -0.15) is 0 Å². The van der Waals surface area contributed by atoms with Gasteiger partial charge >= 0.3 is 5.97 Å². The first kappa shape index (κ1) is 9.19. The molecule has 0 N–H and O–H groups in total. The zero-order chi connectivity index (χ0) is 9.14. The van der Waals surface area contributed by atoms with E-state index >= 15 is 0 Å². The number of ether oxygens (including phenoxy) is 1. The van der Waals surface area contributed by atoms with E-state index in [1.54, 1.807) is 16.8 Å². The number of esters is 1. The second kappa shape index (κ2) is 3.67. The number of aryl methyl sites for hydroxylation is 1. The lowest BCUT2D eigenvalue weighted by molar-refractivity contribution is -0.672. The maximum atomic E-state index is 11.1. The summed E-state index contributed by atoms with van der Waals surface area (Å²) >= 11 is 3.28. The van der Waals surface area contributed by atoms with E-state index in [0.29, 0.717) is 5.56 Å². The largest absolute Gasteiger partial charge is 0.465 e. The topological polar surface area (TPSA) is 30.2 Å². The minimum atomic E-state index is -0.327. The number of rotatable bonds is 1. The summed E-state index contributed by atoms with van der Waals surface area (Å²) in [6, 6.07) is 1.71. The highest BCUT2D eigenvalue weighted by molar-refractivity contribution is 9.10. The third-order valence-electron chi connectivity index (χ3n) is 1.38. The second-order valence-corrected chi connectivity index (χ2v) is 3.32. The highest BCUT2D eigenvalue weighted by Gasteiger charge is 2.10. The third kappa shape index (κ3) is 2.04. The van der Waals surface area contributed by atoms with E-state index < -0.39 is 0 Å². The summed E-state index contributed by atoms with van der Waals surface area (Å²) in [5.41, 5.74) is 0.536. The van der Waals surface area contributed by atoms with E-state index in [9.17, 15) is 4.79 Å². The summed E-state index contributed by atoms with van der Waals surface area (Å²) in [6.07, 6.45) is 3.56. The molecule has 1 rings (SSSR count). The number of pyridine rings is 1. The van der Waals surface area contributed by atoms with Crippen molar-refractivity contribution in [2.75, 3.05) is 7.11 Å². The van der Waals surface area contributed by atoms with Crippen LogP contribution < -0.4 is 4.57 Å². The molecular weight excluding hydrogens is 222 g/mol. The molecule has 3 nitrogen and oxygen atoms in total. The summed E-state index contributed by atoms with van der Waals surface area (Å²) in [7, 11) is 3.21. The quantitative estimate of drug-likeness (QED) is 0.534. The average molecular weight is 231 g/mol. The number of aromatic nitrogens is 1. The predicted octanol–water partition coefficient (Wildman–Crippen LogP) is 1.06. The van der Waals surface area contributed by atoms with Gasteiger partial charge in [0.05, 0.1) is 11.6 Å². The number of hydrogen-bond donors (Lipinski definition) is 0. The molecule has 0 aromatic carbocycles. The van der Waals surface area contributed by atoms with Crippen molar-refractivity contribution in [1.29, 1.82) is 0 Å². The molecule has 0 amide bonds. The van der Waals surface area contributed by atoms with E-state index in [0.717, 1.165) is 4.47 Å². The zero-order valence-electron chi connectivity index (χ0n) is 6.87. The SMILES string of the molecule is COC(=O)c1cc(Br)c[n+](C)c1. The van der Waals surface area contributed by atoms with Crippen LogP contribution in [0, 0.1) is 0 Å². The van der Waals surface area contributed by atoms with Crippen LogP contribution in [0.15, 0.2) is 22.9 Å². The van der Waals surface area contributed by atoms with Gasteiger partial charge in [-0.3, -0.25) is 0 Å². The van der Waals surface area contributed by atoms with Crippen LogP contribution in [0.1, 0.15) is 10.4 Å². The molecular formula is C8H9BrNO2+. The Bertz CT molecular complexity index is 292. The Hall–Kier alpha value is -0.900. The highest BCUT2D eigenvalue weighted by Crippen LogP contribution is 2.08. The molecule has 4 heteroatoms. The van der Waals surface area contributed by atoms with Crippen molar-refractivity contribution >= 4 is 21.9 Å². The minimum Gasteiger partial charge on any atom is -0.465 e. The maximum absolute atomic E-state index is 11.1. The molecule has 0 saturated carbocycles. The summed E-state index contributed by atoms with van der Waals surface area (Å²) in [4.78, 5) is 11.1. The first-order valence-electron chi connectivity index (χ1n) is 3.37. The van der Waals surface area contributed by atoms with Gasteiger partial charge in [-0.1, -0.05) is 0 Å². The minimum absolute atomic E-state index is 0.327. The van der Waals surface area contributed by atoms with Crippen LogP contribution in [0.4, 0.5) is 0 Å². The van der Waals surface area contributed by atoms with E-state index in [4.69, 9.17) is 0 Å². The van der Waals surface area contributed by atoms with Crippen LogP contribution in [0.5, 0.6) is 0 Å². The molecule has 1 aromatic heterocycles. The first-order chi connectivity index (χ1) is 5.63. The van der Waals surface area contributed by atoms with Crippen LogP contribution in [-0.4, -0.2) is 13.1 Å². The number of nitrogens with zero attached hydrogens (tertiary/aromatic N) is 1. The maximum Gasteiger partial charge on any atom is 0.343 e. The van der Waals surface area contributed by atoms with Gasteiger partial charge in [0.25, 0.3) is 0 Å². The van der Waals surface area contributed by atoms with Gasteiger partial charge in [0.1, 0.15) is 12.6 Å². The molecule has 0 bridgehead atoms. The van der Waals surface area contributed by atoms with Crippen molar-refractivity contribution in [1.82, 2.24) is 0 Å². The lowest BCUT2D eigenvalue weighted by atomic mass is 10.3. The molecule has 1 heterocycles. The van der Waals surface area contributed by atoms with E-state index in [1.165, 1.54) is 7.11 Å². The standard InChI is InChI=1S/C8H9BrNO2/c1-10-4-6(8(11)12-2)3-7(9)5-10/h3-5H,1-2H3/q+1. The van der Waals surface area contributed by atoms with Gasteiger partial charge in [0.15, 0.2) is 12.4 Å². The fraction of sp³-hybridized carbons (Fsp3) is 0.250. The van der Waals surface area contributed by atoms with Crippen molar-refractivity contribution < 1.29 is 14.1 Å². The zero-order valence-corrected chi connectivity index (χ0v) is 8.46. The second-order valence-electron chi connectivity index (χ2n) is 2.40. The number of hydrogen-bond acceptors (Lipinski definition) is 2. The van der Waals surface area contributed by atoms with Crippen molar-refractivity contribution in [3.05, 3.63) is 28.5 Å². The van der Waals surface area contributed by atoms with Crippen LogP contribution in [0.2, 0.25) is 0 Å². The van der Waals surface area contributed by atoms with Gasteiger partial charge in [0, 0.05) is 0 Å². The molecule has 0 fully saturated rings. The van der Waals surface area contributed by atoms with Crippen LogP contribution in [0.25, 0.3) is 0 Å². The van der Waals surface area contributed by atoms with E-state index in [1.807, 2.05) is 13.2 Å². The molecule has 0 aliphatic carbocycles. The molecule has 12 heavy (non-hydrogen) atoms. The fourth-order valence-electron chi connectivity index (χ4n) is 0.904. The number of halogens is 1. The Labute approximate surface area is 79.1 Å². The molecule has 0 aliphatic rings. The van der Waals surface area contributed by atoms with Gasteiger partial charge < -0.3 is 4.74 Å². The van der Waals surface area contributed by atoms with Gasteiger partial charge in [-0.05, 0) is 22.0 Å². The molecule has 64 valence electrons. The molecule has 0 atom stereocenters. The summed E-state index contributed by atoms with van der Waals surface area (Å²) in [5.74, 6) is -0.327. The molecule has 1 aromatic rings. The van der Waals surface area contributed by atoms with Crippen molar-refractivity contribution in [3.63, 3.8) is 0 Å². The van der Waals surface area contributed by atoms with Gasteiger partial charge in [0.2, 0.25) is 0 Å². The number of methoxy groups -OCH3 is 1. The molecule has 0 spiro atoms. The van der Waals surface area contributed by atoms with Crippen LogP contribution >= 0.6 is 15.9 Å². The normalized spacial score (nSPS) is 9.58.